The van der Waals surface area contributed by atoms with E-state index in [2.05, 4.69) is 26.8 Å². The summed E-state index contributed by atoms with van der Waals surface area (Å²) in [6, 6.07) is 0. The second-order valence-electron chi connectivity index (χ2n) is 9.18. The van der Waals surface area contributed by atoms with Gasteiger partial charge in [0.15, 0.2) is 0 Å². The van der Waals surface area contributed by atoms with Gasteiger partial charge in [0, 0.05) is 5.25 Å². The Kier molecular flexibility index (Phi) is 3.35. The van der Waals surface area contributed by atoms with E-state index in [1.165, 1.54) is 51.4 Å². The van der Waals surface area contributed by atoms with Gasteiger partial charge in [0.1, 0.15) is 0 Å². The summed E-state index contributed by atoms with van der Waals surface area (Å²) in [6.45, 7) is 7.76. The second kappa shape index (κ2) is 4.79. The van der Waals surface area contributed by atoms with Crippen LogP contribution in [-0.2, 0) is 0 Å². The number of fused-ring (bicyclic) bond motifs is 5. The predicted octanol–water partition coefficient (Wildman–Crippen LogP) is 5.88. The second-order valence-corrected chi connectivity index (χ2v) is 9.91. The van der Waals surface area contributed by atoms with Gasteiger partial charge in [-0.3, -0.25) is 0 Å². The highest BCUT2D eigenvalue weighted by atomic mass is 32.1. The first-order valence-corrected chi connectivity index (χ1v) is 9.84. The first-order chi connectivity index (χ1) is 9.95. The molecule has 21 heavy (non-hydrogen) atoms. The van der Waals surface area contributed by atoms with E-state index in [9.17, 15) is 0 Å². The van der Waals surface area contributed by atoms with Crippen LogP contribution < -0.4 is 0 Å². The van der Waals surface area contributed by atoms with Gasteiger partial charge in [-0.05, 0) is 85.9 Å². The summed E-state index contributed by atoms with van der Waals surface area (Å²) in [6.07, 6.45) is 14.0. The van der Waals surface area contributed by atoms with E-state index in [0.717, 1.165) is 23.7 Å². The molecule has 118 valence electrons. The first kappa shape index (κ1) is 14.7. The van der Waals surface area contributed by atoms with Crippen LogP contribution in [0.1, 0.15) is 72.1 Å². The zero-order valence-corrected chi connectivity index (χ0v) is 15.0. The summed E-state index contributed by atoms with van der Waals surface area (Å²) in [5, 5.41) is 0.626. The lowest BCUT2D eigenvalue weighted by Crippen LogP contribution is -2.49. The standard InChI is InChI=1S/C20H32S/c1-13-4-7-17-16-6-5-14-12-15(21)8-10-20(14,3)18(16)9-11-19(13,17)2/h5,13,15-18,21H,4,6-12H2,1-3H3/t13-,15-,16-,17?,18?,19+,20-/m0/s1. The first-order valence-electron chi connectivity index (χ1n) is 9.33. The smallest absolute Gasteiger partial charge is 0.00545 e. The number of hydrogen-bond acceptors (Lipinski definition) is 1. The van der Waals surface area contributed by atoms with E-state index in [1.54, 1.807) is 5.57 Å². The number of rotatable bonds is 0. The van der Waals surface area contributed by atoms with Crippen LogP contribution in [0, 0.1) is 34.5 Å². The molecule has 0 bridgehead atoms. The molecule has 0 spiro atoms. The molecule has 7 atom stereocenters. The summed E-state index contributed by atoms with van der Waals surface area (Å²) in [5.74, 6) is 3.92. The van der Waals surface area contributed by atoms with Crippen LogP contribution in [0.4, 0.5) is 0 Å². The Hall–Kier alpha value is 0.0900. The van der Waals surface area contributed by atoms with Gasteiger partial charge in [0.25, 0.3) is 0 Å². The maximum atomic E-state index is 4.78. The topological polar surface area (TPSA) is 0 Å². The molecule has 0 N–H and O–H groups in total. The molecule has 0 heterocycles. The van der Waals surface area contributed by atoms with Crippen molar-refractivity contribution >= 4 is 12.6 Å². The van der Waals surface area contributed by atoms with Gasteiger partial charge < -0.3 is 0 Å². The van der Waals surface area contributed by atoms with E-state index in [-0.39, 0.29) is 0 Å². The Bertz CT molecular complexity index is 466. The van der Waals surface area contributed by atoms with E-state index < -0.39 is 0 Å². The van der Waals surface area contributed by atoms with E-state index in [1.807, 2.05) is 0 Å². The molecule has 0 aromatic carbocycles. The van der Waals surface area contributed by atoms with Crippen molar-refractivity contribution in [2.45, 2.75) is 77.4 Å². The minimum atomic E-state index is 0.523. The zero-order valence-electron chi connectivity index (χ0n) is 14.1. The molecule has 0 nitrogen and oxygen atoms in total. The zero-order chi connectivity index (χ0) is 14.8. The van der Waals surface area contributed by atoms with Gasteiger partial charge in [0.2, 0.25) is 0 Å². The maximum Gasteiger partial charge on any atom is 0.00545 e. The minimum Gasteiger partial charge on any atom is -0.176 e. The Balaban J connectivity index is 1.68. The van der Waals surface area contributed by atoms with Crippen molar-refractivity contribution in [2.75, 3.05) is 0 Å². The summed E-state index contributed by atoms with van der Waals surface area (Å²) >= 11 is 4.78. The minimum absolute atomic E-state index is 0.523. The summed E-state index contributed by atoms with van der Waals surface area (Å²) < 4.78 is 0. The van der Waals surface area contributed by atoms with Crippen molar-refractivity contribution in [1.82, 2.24) is 0 Å². The average Bonchev–Trinajstić information content (AvgIpc) is 2.76. The lowest BCUT2D eigenvalue weighted by molar-refractivity contribution is -0.0380. The maximum absolute atomic E-state index is 4.78. The third kappa shape index (κ3) is 1.95. The number of allylic oxidation sites excluding steroid dienone is 2. The highest BCUT2D eigenvalue weighted by molar-refractivity contribution is 7.80. The Labute approximate surface area is 136 Å². The Morgan fingerprint density at radius 2 is 1.86 bits per heavy atom. The van der Waals surface area contributed by atoms with E-state index >= 15 is 0 Å². The van der Waals surface area contributed by atoms with Gasteiger partial charge in [-0.2, -0.15) is 12.6 Å². The fourth-order valence-electron chi connectivity index (χ4n) is 6.90. The van der Waals surface area contributed by atoms with Crippen LogP contribution in [-0.4, -0.2) is 5.25 Å². The Morgan fingerprint density at radius 3 is 2.67 bits per heavy atom. The van der Waals surface area contributed by atoms with Gasteiger partial charge in [-0.25, -0.2) is 0 Å². The summed E-state index contributed by atoms with van der Waals surface area (Å²) in [5.41, 5.74) is 2.96. The summed E-state index contributed by atoms with van der Waals surface area (Å²) in [4.78, 5) is 0. The van der Waals surface area contributed by atoms with E-state index in [4.69, 9.17) is 12.6 Å². The molecule has 4 aliphatic carbocycles. The van der Waals surface area contributed by atoms with Crippen molar-refractivity contribution in [3.05, 3.63) is 11.6 Å². The van der Waals surface area contributed by atoms with Crippen molar-refractivity contribution in [3.8, 4) is 0 Å². The molecule has 0 radical (unpaired) electrons. The molecule has 3 fully saturated rings. The van der Waals surface area contributed by atoms with Gasteiger partial charge in [-0.15, -0.1) is 0 Å². The molecule has 0 saturated heterocycles. The van der Waals surface area contributed by atoms with Gasteiger partial charge >= 0.3 is 0 Å². The normalized spacial score (nSPS) is 56.2. The third-order valence-electron chi connectivity index (χ3n) is 8.55. The molecule has 1 heteroatoms. The fourth-order valence-corrected chi connectivity index (χ4v) is 7.23. The van der Waals surface area contributed by atoms with Crippen LogP contribution in [0.5, 0.6) is 0 Å². The average molecular weight is 305 g/mol. The molecule has 0 amide bonds. The molecule has 2 unspecified atom stereocenters. The quantitative estimate of drug-likeness (QED) is 0.419. The lowest BCUT2D eigenvalue weighted by Gasteiger charge is -2.58. The van der Waals surface area contributed by atoms with E-state index in [0.29, 0.717) is 16.1 Å². The number of hydrogen-bond donors (Lipinski definition) is 1. The fraction of sp³-hybridized carbons (Fsp3) is 0.900. The van der Waals surface area contributed by atoms with Gasteiger partial charge in [-0.1, -0.05) is 32.4 Å². The predicted molar refractivity (Wildman–Crippen MR) is 93.6 cm³/mol. The molecule has 0 aliphatic heterocycles. The Morgan fingerprint density at radius 1 is 1.05 bits per heavy atom. The van der Waals surface area contributed by atoms with Crippen molar-refractivity contribution in [3.63, 3.8) is 0 Å². The SMILES string of the molecule is C[C@H]1CCC2[C@@H]3CC=C4C[C@@H](S)CC[C@]4(C)C3CC[C@@]21C. The molecule has 0 aromatic rings. The third-order valence-corrected chi connectivity index (χ3v) is 8.99. The monoisotopic (exact) mass is 304 g/mol. The van der Waals surface area contributed by atoms with Crippen molar-refractivity contribution < 1.29 is 0 Å². The van der Waals surface area contributed by atoms with Crippen molar-refractivity contribution in [2.24, 2.45) is 34.5 Å². The molecule has 4 rings (SSSR count). The largest absolute Gasteiger partial charge is 0.176 e. The summed E-state index contributed by atoms with van der Waals surface area (Å²) in [7, 11) is 0. The molecular formula is C20H32S. The lowest BCUT2D eigenvalue weighted by atomic mass is 9.47. The van der Waals surface area contributed by atoms with Crippen LogP contribution in [0.15, 0.2) is 11.6 Å². The van der Waals surface area contributed by atoms with Crippen LogP contribution in [0.3, 0.4) is 0 Å². The number of thiol groups is 1. The molecule has 4 aliphatic rings. The van der Waals surface area contributed by atoms with Crippen LogP contribution in [0.25, 0.3) is 0 Å². The van der Waals surface area contributed by atoms with Crippen molar-refractivity contribution in [1.29, 1.82) is 0 Å². The van der Waals surface area contributed by atoms with Crippen LogP contribution >= 0.6 is 12.6 Å². The highest BCUT2D eigenvalue weighted by Gasteiger charge is 2.57. The molecule has 3 saturated carbocycles. The van der Waals surface area contributed by atoms with Crippen LogP contribution in [0.2, 0.25) is 0 Å². The molecule has 0 aromatic heterocycles. The van der Waals surface area contributed by atoms with Gasteiger partial charge in [0.05, 0.1) is 0 Å². The highest BCUT2D eigenvalue weighted by Crippen LogP contribution is 2.66. The molecular weight excluding hydrogens is 272 g/mol.